The van der Waals surface area contributed by atoms with Crippen molar-refractivity contribution in [1.82, 2.24) is 15.1 Å². The summed E-state index contributed by atoms with van der Waals surface area (Å²) in [6.45, 7) is 3.05. The van der Waals surface area contributed by atoms with E-state index in [1.165, 1.54) is 24.0 Å². The molecule has 1 aliphatic heterocycles. The number of allylic oxidation sites excluding steroid dienone is 2. The highest BCUT2D eigenvalue weighted by atomic mass is 16.6. The number of H-pyrrole nitrogens is 1. The molecule has 1 aromatic heterocycles. The number of carbonyl (C=O) groups is 2. The van der Waals surface area contributed by atoms with E-state index in [4.69, 9.17) is 14.2 Å². The summed E-state index contributed by atoms with van der Waals surface area (Å²) < 4.78 is 16.4. The van der Waals surface area contributed by atoms with Crippen molar-refractivity contribution in [3.63, 3.8) is 0 Å². The van der Waals surface area contributed by atoms with Crippen LogP contribution >= 0.6 is 0 Å². The molecule has 0 unspecified atom stereocenters. The van der Waals surface area contributed by atoms with E-state index >= 15 is 0 Å². The minimum absolute atomic E-state index is 0.0504. The molecule has 6 rings (SSSR count). The van der Waals surface area contributed by atoms with Crippen LogP contribution < -0.4 is 4.74 Å². The molecule has 11 heteroatoms. The molecule has 6 atom stereocenters. The van der Waals surface area contributed by atoms with Gasteiger partial charge in [-0.2, -0.15) is 5.10 Å². The third kappa shape index (κ3) is 14.6. The number of likely N-dealkylation sites (tertiary alicyclic amines) is 1. The number of nitrogens with one attached hydrogen (secondary N) is 1. The summed E-state index contributed by atoms with van der Waals surface area (Å²) >= 11 is 0. The molecule has 0 spiro atoms. The number of aliphatic hydroxyl groups excluding tert-OH is 3. The monoisotopic (exact) mass is 809 g/mol. The van der Waals surface area contributed by atoms with E-state index in [1.807, 2.05) is 54.7 Å². The van der Waals surface area contributed by atoms with Crippen LogP contribution in [0, 0.1) is 17.8 Å². The zero-order chi connectivity index (χ0) is 41.2. The fourth-order valence-corrected chi connectivity index (χ4v) is 8.74. The first-order chi connectivity index (χ1) is 28.8. The van der Waals surface area contributed by atoms with Crippen molar-refractivity contribution < 1.29 is 39.1 Å². The summed E-state index contributed by atoms with van der Waals surface area (Å²) in [7, 11) is 0. The second kappa shape index (κ2) is 23.3. The molecule has 2 fully saturated rings. The van der Waals surface area contributed by atoms with Crippen molar-refractivity contribution in [3.8, 4) is 5.75 Å². The average Bonchev–Trinajstić information content (AvgIpc) is 3.82. The van der Waals surface area contributed by atoms with Gasteiger partial charge in [-0.25, -0.2) is 4.79 Å². The van der Waals surface area contributed by atoms with Gasteiger partial charge < -0.3 is 29.5 Å². The van der Waals surface area contributed by atoms with Crippen LogP contribution in [0.4, 0.5) is 0 Å². The summed E-state index contributed by atoms with van der Waals surface area (Å²) in [5.41, 5.74) is 4.76. The summed E-state index contributed by atoms with van der Waals surface area (Å²) in [6, 6.07) is 24.5. The van der Waals surface area contributed by atoms with Gasteiger partial charge in [-0.3, -0.25) is 14.8 Å². The van der Waals surface area contributed by atoms with Gasteiger partial charge in [0, 0.05) is 31.3 Å². The van der Waals surface area contributed by atoms with Crippen LogP contribution in [0.1, 0.15) is 87.3 Å². The minimum Gasteiger partial charge on any atom is -0.482 e. The maximum absolute atomic E-state index is 12.3. The normalized spacial score (nSPS) is 21.5. The molecule has 1 saturated carbocycles. The molecule has 0 radical (unpaired) electrons. The Labute approximate surface area is 348 Å². The molecule has 59 heavy (non-hydrogen) atoms. The Balaban J connectivity index is 0.783. The quantitative estimate of drug-likeness (QED) is 0.0346. The van der Waals surface area contributed by atoms with Gasteiger partial charge >= 0.3 is 11.9 Å². The molecule has 0 bridgehead atoms. The number of hydrogen-bond donors (Lipinski definition) is 4. The number of aryl methyl sites for hydroxylation is 1. The fraction of sp³-hybridized carbons (Fsp3) is 0.521. The zero-order valence-electron chi connectivity index (χ0n) is 34.3. The Hall–Kier alpha value is -4.55. The molecule has 0 amide bonds. The third-order valence-electron chi connectivity index (χ3n) is 11.9. The van der Waals surface area contributed by atoms with Crippen LogP contribution in [0.3, 0.4) is 0 Å². The highest BCUT2D eigenvalue weighted by Gasteiger charge is 2.40. The predicted octanol–water partition coefficient (Wildman–Crippen LogP) is 7.12. The highest BCUT2D eigenvalue weighted by Crippen LogP contribution is 2.38. The number of benzene rings is 3. The molecule has 3 aromatic carbocycles. The van der Waals surface area contributed by atoms with Gasteiger partial charge in [-0.05, 0) is 136 Å². The number of aromatic amines is 1. The maximum Gasteiger partial charge on any atom is 0.344 e. The standard InChI is InChI=1S/C48H63N3O8/c52-40(20-18-35-11-4-3-5-12-35)21-22-43-42(45(53)30-46(43)54)16-6-1-2-7-17-47(55)57-25-10-26-58-48(56)34-59-41-15-8-13-38(29-41)33-51-24-9-14-37(32-51)27-36-19-23-44-39(28-36)31-49-50-44/h1,3-6,8,11-13,15,19,23,28-29,31,37,40,42-43,45-46,52-54H,2,7,9-10,14,16-18,20-22,24-27,30,32-34H2,(H,49,50)/b6-1-/t37-,40+,42-,43-,45+,46-/m1/s1. The Morgan fingerprint density at radius 1 is 0.881 bits per heavy atom. The van der Waals surface area contributed by atoms with Crippen molar-refractivity contribution in [1.29, 1.82) is 0 Å². The van der Waals surface area contributed by atoms with E-state index in [9.17, 15) is 24.9 Å². The first-order valence-electron chi connectivity index (χ1n) is 21.7. The second-order valence-electron chi connectivity index (χ2n) is 16.5. The predicted molar refractivity (Wildman–Crippen MR) is 227 cm³/mol. The number of unbranched alkanes of at least 4 members (excludes halogenated alkanes) is 1. The summed E-state index contributed by atoms with van der Waals surface area (Å²) in [4.78, 5) is 27.1. The molecular formula is C48H63N3O8. The van der Waals surface area contributed by atoms with Crippen LogP contribution in [0.25, 0.3) is 10.9 Å². The number of esters is 2. The number of aliphatic hydroxyl groups is 3. The lowest BCUT2D eigenvalue weighted by atomic mass is 9.85. The topological polar surface area (TPSA) is 154 Å². The van der Waals surface area contributed by atoms with Crippen molar-refractivity contribution in [3.05, 3.63) is 108 Å². The molecule has 4 N–H and O–H groups in total. The van der Waals surface area contributed by atoms with Crippen LogP contribution in [0.5, 0.6) is 5.75 Å². The van der Waals surface area contributed by atoms with Gasteiger partial charge in [0.1, 0.15) is 5.75 Å². The second-order valence-corrected chi connectivity index (χ2v) is 16.5. The van der Waals surface area contributed by atoms with Crippen molar-refractivity contribution in [2.75, 3.05) is 32.9 Å². The van der Waals surface area contributed by atoms with Crippen LogP contribution in [0.2, 0.25) is 0 Å². The van der Waals surface area contributed by atoms with E-state index in [2.05, 4.69) is 51.5 Å². The van der Waals surface area contributed by atoms with Gasteiger partial charge in [-0.15, -0.1) is 0 Å². The van der Waals surface area contributed by atoms with Gasteiger partial charge in [0.2, 0.25) is 0 Å². The molecule has 2 aliphatic rings. The molecule has 1 aliphatic carbocycles. The average molecular weight is 810 g/mol. The SMILES string of the molecule is O=C(CCC/C=C\C[C@@H]1[C@@H](CC[C@@H](O)CCc2ccccc2)[C@H](O)C[C@@H]1O)OCCCOC(=O)COc1cccc(CN2CCC[C@H](Cc3ccc4[nH]ncc4c3)C2)c1. The zero-order valence-corrected chi connectivity index (χ0v) is 34.3. The Morgan fingerprint density at radius 3 is 2.56 bits per heavy atom. The highest BCUT2D eigenvalue weighted by molar-refractivity contribution is 5.78. The lowest BCUT2D eigenvalue weighted by Crippen LogP contribution is -2.35. The van der Waals surface area contributed by atoms with Gasteiger partial charge in [0.25, 0.3) is 0 Å². The number of carbonyl (C=O) groups excluding carboxylic acids is 2. The number of ether oxygens (including phenoxy) is 3. The van der Waals surface area contributed by atoms with Crippen LogP contribution in [0.15, 0.2) is 91.1 Å². The number of rotatable bonds is 23. The van der Waals surface area contributed by atoms with E-state index in [0.29, 0.717) is 63.0 Å². The van der Waals surface area contributed by atoms with E-state index in [0.717, 1.165) is 48.9 Å². The van der Waals surface area contributed by atoms with Gasteiger partial charge in [-0.1, -0.05) is 60.7 Å². The Bertz CT molecular complexity index is 1900. The van der Waals surface area contributed by atoms with Crippen molar-refractivity contribution >= 4 is 22.8 Å². The molecule has 11 nitrogen and oxygen atoms in total. The Morgan fingerprint density at radius 2 is 1.69 bits per heavy atom. The van der Waals surface area contributed by atoms with E-state index in [-0.39, 0.29) is 44.0 Å². The maximum atomic E-state index is 12.3. The number of aromatic nitrogens is 2. The van der Waals surface area contributed by atoms with Gasteiger partial charge in [0.15, 0.2) is 6.61 Å². The van der Waals surface area contributed by atoms with E-state index in [1.54, 1.807) is 0 Å². The molecule has 318 valence electrons. The molecule has 1 saturated heterocycles. The largest absolute Gasteiger partial charge is 0.482 e. The summed E-state index contributed by atoms with van der Waals surface area (Å²) in [6.07, 6.45) is 13.6. The number of fused-ring (bicyclic) bond motifs is 1. The van der Waals surface area contributed by atoms with Gasteiger partial charge in [0.05, 0.1) is 43.2 Å². The number of hydrogen-bond acceptors (Lipinski definition) is 10. The smallest absolute Gasteiger partial charge is 0.344 e. The third-order valence-corrected chi connectivity index (χ3v) is 11.9. The fourth-order valence-electron chi connectivity index (χ4n) is 8.74. The van der Waals surface area contributed by atoms with Crippen molar-refractivity contribution in [2.45, 2.75) is 108 Å². The number of piperidine rings is 1. The van der Waals surface area contributed by atoms with Crippen molar-refractivity contribution in [2.24, 2.45) is 17.8 Å². The molecule has 2 heterocycles. The molecule has 4 aromatic rings. The molecular weight excluding hydrogens is 747 g/mol. The lowest BCUT2D eigenvalue weighted by Gasteiger charge is -2.33. The lowest BCUT2D eigenvalue weighted by molar-refractivity contribution is -0.147. The Kier molecular flexibility index (Phi) is 17.4. The summed E-state index contributed by atoms with van der Waals surface area (Å²) in [5.74, 6) is 0.368. The van der Waals surface area contributed by atoms with Crippen LogP contribution in [-0.4, -0.2) is 93.6 Å². The first kappa shape index (κ1) is 44.0. The van der Waals surface area contributed by atoms with Crippen LogP contribution in [-0.2, 0) is 38.4 Å². The summed E-state index contributed by atoms with van der Waals surface area (Å²) in [5, 5.41) is 40.1. The number of nitrogens with zero attached hydrogens (tertiary/aromatic N) is 2. The van der Waals surface area contributed by atoms with E-state index < -0.39 is 24.3 Å². The minimum atomic E-state index is -0.565. The first-order valence-corrected chi connectivity index (χ1v) is 21.7.